The van der Waals surface area contributed by atoms with Crippen LogP contribution >= 0.6 is 11.8 Å². The van der Waals surface area contributed by atoms with Crippen molar-refractivity contribution < 1.29 is 19.1 Å². The van der Waals surface area contributed by atoms with Crippen molar-refractivity contribution in [3.8, 4) is 11.5 Å². The topological polar surface area (TPSA) is 80.2 Å². The summed E-state index contributed by atoms with van der Waals surface area (Å²) >= 11 is 1.33. The summed E-state index contributed by atoms with van der Waals surface area (Å²) in [5.41, 5.74) is 2.49. The predicted molar refractivity (Wildman–Crippen MR) is 163 cm³/mol. The predicted octanol–water partition coefficient (Wildman–Crippen LogP) is 6.86. The molecule has 1 aliphatic rings. The van der Waals surface area contributed by atoms with Crippen LogP contribution in [0.1, 0.15) is 44.6 Å². The molecule has 3 aromatic rings. The van der Waals surface area contributed by atoms with Gasteiger partial charge in [0.25, 0.3) is 0 Å². The van der Waals surface area contributed by atoms with Gasteiger partial charge in [0.05, 0.1) is 19.4 Å². The van der Waals surface area contributed by atoms with Crippen LogP contribution in [-0.4, -0.2) is 47.4 Å². The minimum absolute atomic E-state index is 0.103. The molecule has 2 amide bonds. The molecule has 1 atom stereocenters. The number of thioether (sulfide) groups is 1. The number of nitrogens with zero attached hydrogens (tertiary/aromatic N) is 2. The molecule has 1 fully saturated rings. The normalized spacial score (nSPS) is 16.1. The van der Waals surface area contributed by atoms with Crippen molar-refractivity contribution in [1.29, 1.82) is 0 Å². The van der Waals surface area contributed by atoms with Gasteiger partial charge in [-0.25, -0.2) is 4.99 Å². The zero-order chi connectivity index (χ0) is 28.2. The van der Waals surface area contributed by atoms with Crippen LogP contribution in [0.5, 0.6) is 11.5 Å². The Kier molecular flexibility index (Phi) is 11.0. The van der Waals surface area contributed by atoms with Crippen molar-refractivity contribution in [2.75, 3.05) is 25.6 Å². The molecule has 0 aliphatic carbocycles. The number of aliphatic imine (C=N–C) groups is 1. The standard InChI is InChI=1S/C32H37N3O4S/c1-3-4-5-9-22-39-28-18-14-26(15-19-28)33-31(37)29-23-30(36)35(21-20-24-12-16-27(38-2)17-13-24)32(40-29)34-25-10-7-6-8-11-25/h6-8,10-19,29H,3-5,9,20-23H2,1-2H3,(H,33,37). The minimum Gasteiger partial charge on any atom is -0.497 e. The zero-order valence-electron chi connectivity index (χ0n) is 23.2. The summed E-state index contributed by atoms with van der Waals surface area (Å²) in [7, 11) is 1.64. The first-order chi connectivity index (χ1) is 19.6. The van der Waals surface area contributed by atoms with Crippen LogP contribution < -0.4 is 14.8 Å². The molecule has 1 heterocycles. The highest BCUT2D eigenvalue weighted by Crippen LogP contribution is 2.30. The second kappa shape index (κ2) is 15.1. The second-order valence-corrected chi connectivity index (χ2v) is 10.8. The summed E-state index contributed by atoms with van der Waals surface area (Å²) in [6.07, 6.45) is 5.37. The lowest BCUT2D eigenvalue weighted by Crippen LogP contribution is -2.46. The second-order valence-electron chi connectivity index (χ2n) is 9.61. The Labute approximate surface area is 241 Å². The van der Waals surface area contributed by atoms with E-state index in [1.165, 1.54) is 24.6 Å². The molecule has 0 bridgehead atoms. The molecule has 1 unspecified atom stereocenters. The molecule has 210 valence electrons. The van der Waals surface area contributed by atoms with Gasteiger partial charge in [0, 0.05) is 18.7 Å². The summed E-state index contributed by atoms with van der Waals surface area (Å²) in [5, 5.41) is 2.91. The number of unbranched alkanes of at least 4 members (excludes halogenated alkanes) is 3. The largest absolute Gasteiger partial charge is 0.497 e. The highest BCUT2D eigenvalue weighted by atomic mass is 32.2. The van der Waals surface area contributed by atoms with Gasteiger partial charge in [0.2, 0.25) is 11.8 Å². The van der Waals surface area contributed by atoms with Gasteiger partial charge in [-0.2, -0.15) is 0 Å². The maximum Gasteiger partial charge on any atom is 0.238 e. The van der Waals surface area contributed by atoms with Crippen molar-refractivity contribution in [3.05, 3.63) is 84.4 Å². The number of carbonyl (C=O) groups is 2. The molecule has 3 aromatic carbocycles. The van der Waals surface area contributed by atoms with Gasteiger partial charge in [-0.15, -0.1) is 0 Å². The number of hydrogen-bond donors (Lipinski definition) is 1. The minimum atomic E-state index is -0.582. The number of amidine groups is 1. The van der Waals surface area contributed by atoms with Crippen molar-refractivity contribution in [1.82, 2.24) is 4.90 Å². The summed E-state index contributed by atoms with van der Waals surface area (Å²) in [4.78, 5) is 33.0. The number of carbonyl (C=O) groups excluding carboxylic acids is 2. The molecule has 40 heavy (non-hydrogen) atoms. The Morgan fingerprint density at radius 2 is 1.70 bits per heavy atom. The molecule has 8 heteroatoms. The van der Waals surface area contributed by atoms with E-state index < -0.39 is 5.25 Å². The first kappa shape index (κ1) is 29.2. The molecule has 0 aromatic heterocycles. The number of ether oxygens (including phenoxy) is 2. The highest BCUT2D eigenvalue weighted by Gasteiger charge is 2.35. The molecule has 1 saturated heterocycles. The zero-order valence-corrected chi connectivity index (χ0v) is 24.0. The van der Waals surface area contributed by atoms with Gasteiger partial charge >= 0.3 is 0 Å². The van der Waals surface area contributed by atoms with Crippen LogP contribution in [0.4, 0.5) is 11.4 Å². The van der Waals surface area contributed by atoms with Crippen LogP contribution in [0.15, 0.2) is 83.9 Å². The fraction of sp³-hybridized carbons (Fsp3) is 0.344. The Bertz CT molecular complexity index is 1260. The Morgan fingerprint density at radius 1 is 0.975 bits per heavy atom. The van der Waals surface area contributed by atoms with Crippen LogP contribution in [0.2, 0.25) is 0 Å². The molecular weight excluding hydrogens is 522 g/mol. The number of amides is 2. The van der Waals surface area contributed by atoms with E-state index >= 15 is 0 Å². The summed E-state index contributed by atoms with van der Waals surface area (Å²) < 4.78 is 11.0. The van der Waals surface area contributed by atoms with E-state index in [0.717, 1.165) is 35.6 Å². The van der Waals surface area contributed by atoms with E-state index in [2.05, 4.69) is 12.2 Å². The fourth-order valence-corrected chi connectivity index (χ4v) is 5.41. The number of nitrogens with one attached hydrogen (secondary N) is 1. The van der Waals surface area contributed by atoms with Crippen molar-refractivity contribution in [3.63, 3.8) is 0 Å². The van der Waals surface area contributed by atoms with Gasteiger partial charge in [0.1, 0.15) is 16.7 Å². The van der Waals surface area contributed by atoms with Crippen molar-refractivity contribution in [2.45, 2.75) is 50.7 Å². The summed E-state index contributed by atoms with van der Waals surface area (Å²) in [6, 6.07) is 24.7. The smallest absolute Gasteiger partial charge is 0.238 e. The monoisotopic (exact) mass is 559 g/mol. The molecule has 0 spiro atoms. The van der Waals surface area contributed by atoms with E-state index in [0.29, 0.717) is 30.4 Å². The van der Waals surface area contributed by atoms with Crippen LogP contribution in [0, 0.1) is 0 Å². The number of hydrogen-bond acceptors (Lipinski definition) is 6. The maximum absolute atomic E-state index is 13.3. The maximum atomic E-state index is 13.3. The Morgan fingerprint density at radius 3 is 2.40 bits per heavy atom. The van der Waals surface area contributed by atoms with Crippen LogP contribution in [0.3, 0.4) is 0 Å². The number of benzene rings is 3. The lowest BCUT2D eigenvalue weighted by atomic mass is 10.1. The first-order valence-corrected chi connectivity index (χ1v) is 14.7. The van der Waals surface area contributed by atoms with E-state index in [9.17, 15) is 9.59 Å². The molecule has 4 rings (SSSR count). The number of methoxy groups -OCH3 is 1. The van der Waals surface area contributed by atoms with E-state index in [4.69, 9.17) is 14.5 Å². The van der Waals surface area contributed by atoms with E-state index in [-0.39, 0.29) is 18.2 Å². The third-order valence-corrected chi connectivity index (χ3v) is 7.77. The molecular formula is C32H37N3O4S. The molecule has 0 radical (unpaired) electrons. The van der Waals surface area contributed by atoms with Gasteiger partial charge in [-0.3, -0.25) is 14.5 Å². The number of anilines is 1. The van der Waals surface area contributed by atoms with Gasteiger partial charge in [-0.05, 0) is 66.9 Å². The third kappa shape index (κ3) is 8.61. The Balaban J connectivity index is 1.40. The quantitative estimate of drug-likeness (QED) is 0.232. The molecule has 1 N–H and O–H groups in total. The molecule has 1 aliphatic heterocycles. The first-order valence-electron chi connectivity index (χ1n) is 13.8. The summed E-state index contributed by atoms with van der Waals surface area (Å²) in [6.45, 7) is 3.34. The average molecular weight is 560 g/mol. The molecule has 7 nitrogen and oxygen atoms in total. The fourth-order valence-electron chi connectivity index (χ4n) is 4.28. The van der Waals surface area contributed by atoms with Gasteiger partial charge in [0.15, 0.2) is 5.17 Å². The van der Waals surface area contributed by atoms with Crippen LogP contribution in [-0.2, 0) is 16.0 Å². The highest BCUT2D eigenvalue weighted by molar-refractivity contribution is 8.15. The third-order valence-electron chi connectivity index (χ3n) is 6.58. The SMILES string of the molecule is CCCCCCOc1ccc(NC(=O)C2CC(=O)N(CCc3ccc(OC)cc3)C(=Nc3ccccc3)S2)cc1. The van der Waals surface area contributed by atoms with Crippen LogP contribution in [0.25, 0.3) is 0 Å². The van der Waals surface area contributed by atoms with E-state index in [1.807, 2.05) is 78.9 Å². The van der Waals surface area contributed by atoms with Gasteiger partial charge < -0.3 is 14.8 Å². The van der Waals surface area contributed by atoms with Crippen molar-refractivity contribution >= 4 is 40.1 Å². The molecule has 0 saturated carbocycles. The Hall–Kier alpha value is -3.78. The lowest BCUT2D eigenvalue weighted by molar-refractivity contribution is -0.129. The summed E-state index contributed by atoms with van der Waals surface area (Å²) in [5.74, 6) is 1.23. The van der Waals surface area contributed by atoms with Gasteiger partial charge in [-0.1, -0.05) is 68.3 Å². The number of rotatable bonds is 13. The van der Waals surface area contributed by atoms with E-state index in [1.54, 1.807) is 12.0 Å². The number of para-hydroxylation sites is 1. The lowest BCUT2D eigenvalue weighted by Gasteiger charge is -2.32. The average Bonchev–Trinajstić information content (AvgIpc) is 2.98. The van der Waals surface area contributed by atoms with Crippen molar-refractivity contribution in [2.24, 2.45) is 4.99 Å².